The average Bonchev–Trinajstić information content (AvgIpc) is 2.70. The standard InChI is InChI=1S/C16H31N3O/c1-11(2)15(20)8-9-17-12(3)14-10-19(16(5,6)7)18-13(14)4/h10-12,15,17,20H,8-9H2,1-7H3. The Balaban J connectivity index is 2.60. The molecule has 0 aromatic carbocycles. The molecule has 2 atom stereocenters. The lowest BCUT2D eigenvalue weighted by Crippen LogP contribution is -2.26. The molecule has 2 N–H and O–H groups in total. The maximum absolute atomic E-state index is 9.82. The summed E-state index contributed by atoms with van der Waals surface area (Å²) in [6.07, 6.45) is 2.69. The molecule has 0 bridgehead atoms. The molecule has 0 saturated carbocycles. The molecule has 0 aliphatic rings. The van der Waals surface area contributed by atoms with Crippen molar-refractivity contribution >= 4 is 0 Å². The van der Waals surface area contributed by atoms with Crippen molar-refractivity contribution in [2.75, 3.05) is 6.54 Å². The van der Waals surface area contributed by atoms with Crippen molar-refractivity contribution in [2.24, 2.45) is 5.92 Å². The third-order valence-corrected chi connectivity index (χ3v) is 3.75. The zero-order valence-corrected chi connectivity index (χ0v) is 14.1. The van der Waals surface area contributed by atoms with Crippen LogP contribution in [0.1, 0.15) is 65.3 Å². The summed E-state index contributed by atoms with van der Waals surface area (Å²) >= 11 is 0. The van der Waals surface area contributed by atoms with Crippen LogP contribution in [-0.2, 0) is 5.54 Å². The molecule has 116 valence electrons. The van der Waals surface area contributed by atoms with Gasteiger partial charge in [-0.1, -0.05) is 13.8 Å². The summed E-state index contributed by atoms with van der Waals surface area (Å²) in [4.78, 5) is 0. The van der Waals surface area contributed by atoms with E-state index in [0.29, 0.717) is 5.92 Å². The lowest BCUT2D eigenvalue weighted by Gasteiger charge is -2.19. The largest absolute Gasteiger partial charge is 0.393 e. The molecule has 0 radical (unpaired) electrons. The normalized spacial score (nSPS) is 15.7. The first-order valence-corrected chi connectivity index (χ1v) is 7.61. The van der Waals surface area contributed by atoms with E-state index >= 15 is 0 Å². The predicted octanol–water partition coefficient (Wildman–Crippen LogP) is 3.00. The summed E-state index contributed by atoms with van der Waals surface area (Å²) < 4.78 is 2.03. The number of nitrogens with zero attached hydrogens (tertiary/aromatic N) is 2. The number of aliphatic hydroxyl groups excluding tert-OH is 1. The molecule has 20 heavy (non-hydrogen) atoms. The lowest BCUT2D eigenvalue weighted by atomic mass is 10.0. The van der Waals surface area contributed by atoms with Gasteiger partial charge in [-0.3, -0.25) is 4.68 Å². The zero-order chi connectivity index (χ0) is 15.5. The number of aromatic nitrogens is 2. The molecule has 0 saturated heterocycles. The van der Waals surface area contributed by atoms with E-state index in [4.69, 9.17) is 0 Å². The molecule has 4 nitrogen and oxygen atoms in total. The van der Waals surface area contributed by atoms with E-state index in [1.807, 2.05) is 18.5 Å². The summed E-state index contributed by atoms with van der Waals surface area (Å²) in [6, 6.07) is 0.255. The van der Waals surface area contributed by atoms with Crippen LogP contribution in [-0.4, -0.2) is 27.5 Å². The summed E-state index contributed by atoms with van der Waals surface area (Å²) in [5, 5.41) is 17.9. The minimum absolute atomic E-state index is 0.0105. The second-order valence-electron chi connectivity index (χ2n) is 7.06. The summed E-state index contributed by atoms with van der Waals surface area (Å²) in [5.41, 5.74) is 2.32. The highest BCUT2D eigenvalue weighted by atomic mass is 16.3. The second-order valence-corrected chi connectivity index (χ2v) is 7.06. The topological polar surface area (TPSA) is 50.1 Å². The number of aryl methyl sites for hydroxylation is 1. The van der Waals surface area contributed by atoms with Crippen LogP contribution in [0.15, 0.2) is 6.20 Å². The van der Waals surface area contributed by atoms with Gasteiger partial charge < -0.3 is 10.4 Å². The molecule has 1 aromatic heterocycles. The van der Waals surface area contributed by atoms with E-state index in [2.05, 4.69) is 51.2 Å². The Hall–Kier alpha value is -0.870. The first-order chi connectivity index (χ1) is 9.12. The second kappa shape index (κ2) is 6.72. The van der Waals surface area contributed by atoms with Crippen LogP contribution in [0.2, 0.25) is 0 Å². The van der Waals surface area contributed by atoms with Crippen LogP contribution >= 0.6 is 0 Å². The number of nitrogens with one attached hydrogen (secondary N) is 1. The van der Waals surface area contributed by atoms with Gasteiger partial charge >= 0.3 is 0 Å². The Morgan fingerprint density at radius 3 is 2.35 bits per heavy atom. The van der Waals surface area contributed by atoms with Crippen LogP contribution in [0.25, 0.3) is 0 Å². The van der Waals surface area contributed by atoms with E-state index in [9.17, 15) is 5.11 Å². The fraction of sp³-hybridized carbons (Fsp3) is 0.812. The maximum Gasteiger partial charge on any atom is 0.0641 e. The number of rotatable bonds is 6. The van der Waals surface area contributed by atoms with Gasteiger partial charge in [-0.15, -0.1) is 0 Å². The third kappa shape index (κ3) is 4.60. The van der Waals surface area contributed by atoms with Crippen molar-refractivity contribution in [2.45, 2.75) is 72.6 Å². The van der Waals surface area contributed by atoms with Crippen LogP contribution in [0, 0.1) is 12.8 Å². The van der Waals surface area contributed by atoms with Gasteiger partial charge in [-0.05, 0) is 53.5 Å². The first-order valence-electron chi connectivity index (χ1n) is 7.61. The van der Waals surface area contributed by atoms with Crippen molar-refractivity contribution in [3.05, 3.63) is 17.5 Å². The molecule has 0 aliphatic heterocycles. The molecule has 1 aromatic rings. The highest BCUT2D eigenvalue weighted by Crippen LogP contribution is 2.21. The molecule has 0 aliphatic carbocycles. The average molecular weight is 281 g/mol. The Morgan fingerprint density at radius 2 is 1.90 bits per heavy atom. The number of hydrogen-bond donors (Lipinski definition) is 2. The van der Waals surface area contributed by atoms with E-state index in [1.165, 1.54) is 5.56 Å². The van der Waals surface area contributed by atoms with Crippen LogP contribution in [0.4, 0.5) is 0 Å². The SMILES string of the molecule is Cc1nn(C(C)(C)C)cc1C(C)NCCC(O)C(C)C. The fourth-order valence-electron chi connectivity index (χ4n) is 2.13. The van der Waals surface area contributed by atoms with E-state index < -0.39 is 0 Å². The molecule has 1 rings (SSSR count). The van der Waals surface area contributed by atoms with Crippen LogP contribution in [0.5, 0.6) is 0 Å². The predicted molar refractivity (Wildman–Crippen MR) is 83.8 cm³/mol. The first kappa shape index (κ1) is 17.2. The highest BCUT2D eigenvalue weighted by Gasteiger charge is 2.19. The monoisotopic (exact) mass is 281 g/mol. The number of hydrogen-bond acceptors (Lipinski definition) is 3. The molecule has 0 fully saturated rings. The minimum atomic E-state index is -0.229. The van der Waals surface area contributed by atoms with E-state index in [-0.39, 0.29) is 17.7 Å². The van der Waals surface area contributed by atoms with Gasteiger partial charge in [0.2, 0.25) is 0 Å². The quantitative estimate of drug-likeness (QED) is 0.843. The third-order valence-electron chi connectivity index (χ3n) is 3.75. The molecular weight excluding hydrogens is 250 g/mol. The summed E-state index contributed by atoms with van der Waals surface area (Å²) in [6.45, 7) is 15.6. The van der Waals surface area contributed by atoms with E-state index in [1.54, 1.807) is 0 Å². The maximum atomic E-state index is 9.82. The number of aliphatic hydroxyl groups is 1. The lowest BCUT2D eigenvalue weighted by molar-refractivity contribution is 0.115. The van der Waals surface area contributed by atoms with Gasteiger partial charge in [0.25, 0.3) is 0 Å². The van der Waals surface area contributed by atoms with Gasteiger partial charge in [-0.2, -0.15) is 5.10 Å². The van der Waals surface area contributed by atoms with Gasteiger partial charge in [0.1, 0.15) is 0 Å². The van der Waals surface area contributed by atoms with E-state index in [0.717, 1.165) is 18.7 Å². The Morgan fingerprint density at radius 1 is 1.30 bits per heavy atom. The van der Waals surface area contributed by atoms with Gasteiger partial charge in [0, 0.05) is 17.8 Å². The zero-order valence-electron chi connectivity index (χ0n) is 14.1. The molecule has 0 amide bonds. The van der Waals surface area contributed by atoms with Crippen molar-refractivity contribution in [1.82, 2.24) is 15.1 Å². The smallest absolute Gasteiger partial charge is 0.0641 e. The highest BCUT2D eigenvalue weighted by molar-refractivity contribution is 5.20. The molecular formula is C16H31N3O. The van der Waals surface area contributed by atoms with Crippen molar-refractivity contribution in [3.63, 3.8) is 0 Å². The molecule has 2 unspecified atom stereocenters. The van der Waals surface area contributed by atoms with Gasteiger partial charge in [0.15, 0.2) is 0 Å². The summed E-state index contributed by atoms with van der Waals surface area (Å²) in [7, 11) is 0. The summed E-state index contributed by atoms with van der Waals surface area (Å²) in [5.74, 6) is 0.317. The van der Waals surface area contributed by atoms with Gasteiger partial charge in [0.05, 0.1) is 17.3 Å². The fourth-order valence-corrected chi connectivity index (χ4v) is 2.13. The Kier molecular flexibility index (Phi) is 5.78. The van der Waals surface area contributed by atoms with Crippen LogP contribution in [0.3, 0.4) is 0 Å². The molecule has 1 heterocycles. The van der Waals surface area contributed by atoms with Crippen LogP contribution < -0.4 is 5.32 Å². The Bertz CT molecular complexity index is 418. The Labute approximate surface area is 123 Å². The van der Waals surface area contributed by atoms with Crippen molar-refractivity contribution in [3.8, 4) is 0 Å². The van der Waals surface area contributed by atoms with Crippen molar-refractivity contribution < 1.29 is 5.11 Å². The minimum Gasteiger partial charge on any atom is -0.393 e. The molecule has 0 spiro atoms. The van der Waals surface area contributed by atoms with Crippen molar-refractivity contribution in [1.29, 1.82) is 0 Å². The van der Waals surface area contributed by atoms with Gasteiger partial charge in [-0.25, -0.2) is 0 Å². The molecule has 4 heteroatoms.